The number of carboxylic acid groups (broad SMARTS) is 1. The average Bonchev–Trinajstić information content (AvgIpc) is 1.82. The van der Waals surface area contributed by atoms with Crippen molar-refractivity contribution in [2.24, 2.45) is 5.73 Å². The lowest BCUT2D eigenvalue weighted by atomic mass is 10.2. The van der Waals surface area contributed by atoms with Crippen LogP contribution in [-0.2, 0) is 4.79 Å². The smallest absolute Gasteiger partial charge is 0.321 e. The molecule has 0 aromatic rings. The van der Waals surface area contributed by atoms with Gasteiger partial charge in [-0.25, -0.2) is 0 Å². The van der Waals surface area contributed by atoms with E-state index >= 15 is 0 Å². The first-order valence-corrected chi connectivity index (χ1v) is 2.56. The van der Waals surface area contributed by atoms with Crippen molar-refractivity contribution >= 4 is 5.97 Å². The summed E-state index contributed by atoms with van der Waals surface area (Å²) in [7, 11) is 0. The molecule has 0 rings (SSSR count). The van der Waals surface area contributed by atoms with E-state index in [0.29, 0.717) is 0 Å². The Morgan fingerprint density at radius 3 is 2.78 bits per heavy atom. The number of rotatable bonds is 2. The fourth-order valence-corrected chi connectivity index (χ4v) is 0.299. The summed E-state index contributed by atoms with van der Waals surface area (Å²) in [5.41, 5.74) is 5.10. The van der Waals surface area contributed by atoms with Gasteiger partial charge in [0.25, 0.3) is 0 Å². The van der Waals surface area contributed by atoms with Gasteiger partial charge in [0.05, 0.1) is 0 Å². The molecule has 0 saturated heterocycles. The first-order chi connectivity index (χ1) is 4.18. The van der Waals surface area contributed by atoms with Crippen LogP contribution < -0.4 is 5.73 Å². The van der Waals surface area contributed by atoms with Crippen LogP contribution in [-0.4, -0.2) is 17.1 Å². The lowest BCUT2D eigenvalue weighted by Crippen LogP contribution is -2.29. The number of aliphatic carboxylic acids is 1. The normalized spacial score (nSPS) is 11.3. The van der Waals surface area contributed by atoms with Crippen molar-refractivity contribution in [1.29, 1.82) is 0 Å². The topological polar surface area (TPSA) is 63.3 Å². The summed E-state index contributed by atoms with van der Waals surface area (Å²) in [4.78, 5) is 10.0. The number of nitrogens with two attached hydrogens (primary N) is 1. The van der Waals surface area contributed by atoms with Crippen LogP contribution in [0.15, 0.2) is 0 Å². The van der Waals surface area contributed by atoms with Gasteiger partial charge in [-0.05, 0) is 6.92 Å². The van der Waals surface area contributed by atoms with Crippen LogP contribution in [0.1, 0.15) is 13.3 Å². The predicted octanol–water partition coefficient (Wildman–Crippen LogP) is -0.188. The van der Waals surface area contributed by atoms with Gasteiger partial charge >= 0.3 is 5.97 Å². The van der Waals surface area contributed by atoms with Gasteiger partial charge in [-0.2, -0.15) is 0 Å². The maximum absolute atomic E-state index is 10.0. The molecule has 0 aromatic carbocycles. The second-order valence-corrected chi connectivity index (χ2v) is 1.58. The Kier molecular flexibility index (Phi) is 3.49. The van der Waals surface area contributed by atoms with Gasteiger partial charge in [0.1, 0.15) is 6.04 Å². The molecule has 0 amide bonds. The third-order valence-corrected chi connectivity index (χ3v) is 0.816. The van der Waals surface area contributed by atoms with Crippen molar-refractivity contribution in [1.82, 2.24) is 0 Å². The van der Waals surface area contributed by atoms with Gasteiger partial charge in [0, 0.05) is 6.42 Å². The highest BCUT2D eigenvalue weighted by Gasteiger charge is 2.07. The van der Waals surface area contributed by atoms with Crippen LogP contribution in [0, 0.1) is 11.8 Å². The number of carboxylic acids is 1. The minimum absolute atomic E-state index is 0.228. The zero-order chi connectivity index (χ0) is 7.28. The summed E-state index contributed by atoms with van der Waals surface area (Å²) < 4.78 is 0. The van der Waals surface area contributed by atoms with E-state index in [1.165, 1.54) is 0 Å². The van der Waals surface area contributed by atoms with Crippen LogP contribution in [0.4, 0.5) is 0 Å². The molecule has 1 atom stereocenters. The fourth-order valence-electron chi connectivity index (χ4n) is 0.299. The highest BCUT2D eigenvalue weighted by atomic mass is 16.4. The Bertz CT molecular complexity index is 154. The van der Waals surface area contributed by atoms with E-state index in [1.807, 2.05) is 0 Å². The van der Waals surface area contributed by atoms with Crippen molar-refractivity contribution in [3.8, 4) is 11.8 Å². The van der Waals surface area contributed by atoms with Crippen LogP contribution in [0.2, 0.25) is 0 Å². The Labute approximate surface area is 53.9 Å². The third-order valence-electron chi connectivity index (χ3n) is 0.816. The van der Waals surface area contributed by atoms with Gasteiger partial charge in [0.2, 0.25) is 0 Å². The van der Waals surface area contributed by atoms with E-state index in [4.69, 9.17) is 10.8 Å². The first-order valence-electron chi connectivity index (χ1n) is 2.56. The lowest BCUT2D eigenvalue weighted by Gasteiger charge is -1.97. The lowest BCUT2D eigenvalue weighted by molar-refractivity contribution is -0.138. The zero-order valence-electron chi connectivity index (χ0n) is 5.22. The van der Waals surface area contributed by atoms with Gasteiger partial charge in [-0.1, -0.05) is 0 Å². The third kappa shape index (κ3) is 3.56. The summed E-state index contributed by atoms with van der Waals surface area (Å²) in [6.07, 6.45) is 0.228. The average molecular weight is 127 g/mol. The monoisotopic (exact) mass is 127 g/mol. The molecule has 9 heavy (non-hydrogen) atoms. The first kappa shape index (κ1) is 7.99. The van der Waals surface area contributed by atoms with Crippen LogP contribution in [0.5, 0.6) is 0 Å². The molecule has 3 N–H and O–H groups in total. The maximum Gasteiger partial charge on any atom is 0.321 e. The highest BCUT2D eigenvalue weighted by Crippen LogP contribution is 1.83. The SMILES string of the molecule is CC#CC[C@H](N)C(=O)O. The molecule has 0 spiro atoms. The zero-order valence-corrected chi connectivity index (χ0v) is 5.22. The second kappa shape index (κ2) is 3.93. The van der Waals surface area contributed by atoms with Gasteiger partial charge in [-0.3, -0.25) is 4.79 Å². The summed E-state index contributed by atoms with van der Waals surface area (Å²) in [6, 6.07) is -0.836. The largest absolute Gasteiger partial charge is 0.480 e. The van der Waals surface area contributed by atoms with Gasteiger partial charge in [0.15, 0.2) is 0 Å². The molecule has 0 radical (unpaired) electrons. The van der Waals surface area contributed by atoms with Crippen LogP contribution in [0.3, 0.4) is 0 Å². The Morgan fingerprint density at radius 1 is 1.89 bits per heavy atom. The van der Waals surface area contributed by atoms with E-state index < -0.39 is 12.0 Å². The Hall–Kier alpha value is -1.01. The van der Waals surface area contributed by atoms with Gasteiger partial charge in [-0.15, -0.1) is 11.8 Å². The Balaban J connectivity index is 3.59. The summed E-state index contributed by atoms with van der Waals surface area (Å²) >= 11 is 0. The number of carbonyl (C=O) groups is 1. The quantitative estimate of drug-likeness (QED) is 0.505. The van der Waals surface area contributed by atoms with Crippen LogP contribution >= 0.6 is 0 Å². The van der Waals surface area contributed by atoms with Crippen LogP contribution in [0.25, 0.3) is 0 Å². The van der Waals surface area contributed by atoms with Crippen molar-refractivity contribution < 1.29 is 9.90 Å². The molecule has 3 nitrogen and oxygen atoms in total. The van der Waals surface area contributed by atoms with Crippen molar-refractivity contribution in [2.75, 3.05) is 0 Å². The van der Waals surface area contributed by atoms with Gasteiger partial charge < -0.3 is 10.8 Å². The fraction of sp³-hybridized carbons (Fsp3) is 0.500. The van der Waals surface area contributed by atoms with Crippen molar-refractivity contribution in [3.05, 3.63) is 0 Å². The summed E-state index contributed by atoms with van der Waals surface area (Å²) in [5.74, 6) is 4.13. The minimum atomic E-state index is -1.00. The molecule has 0 unspecified atom stereocenters. The van der Waals surface area contributed by atoms with E-state index in [0.717, 1.165) is 0 Å². The molecular weight excluding hydrogens is 118 g/mol. The molecule has 0 aliphatic rings. The molecule has 0 aliphatic heterocycles. The molecule has 0 heterocycles. The predicted molar refractivity (Wildman–Crippen MR) is 33.7 cm³/mol. The highest BCUT2D eigenvalue weighted by molar-refractivity contribution is 5.73. The molecule has 0 saturated carbocycles. The van der Waals surface area contributed by atoms with E-state index in [1.54, 1.807) is 6.92 Å². The molecular formula is C6H9NO2. The molecule has 3 heteroatoms. The number of hydrogen-bond acceptors (Lipinski definition) is 2. The van der Waals surface area contributed by atoms with E-state index in [2.05, 4.69) is 11.8 Å². The minimum Gasteiger partial charge on any atom is -0.480 e. The summed E-state index contributed by atoms with van der Waals surface area (Å²) in [6.45, 7) is 1.65. The summed E-state index contributed by atoms with van der Waals surface area (Å²) in [5, 5.41) is 8.22. The van der Waals surface area contributed by atoms with Crippen molar-refractivity contribution in [3.63, 3.8) is 0 Å². The standard InChI is InChI=1S/C6H9NO2/c1-2-3-4-5(7)6(8)9/h5H,4,7H2,1H3,(H,8,9)/t5-/m0/s1. The second-order valence-electron chi connectivity index (χ2n) is 1.58. The molecule has 50 valence electrons. The maximum atomic E-state index is 10.0. The van der Waals surface area contributed by atoms with Crippen molar-refractivity contribution in [2.45, 2.75) is 19.4 Å². The molecule has 0 fully saturated rings. The number of hydrogen-bond donors (Lipinski definition) is 2. The molecule has 0 bridgehead atoms. The van der Waals surface area contributed by atoms with E-state index in [-0.39, 0.29) is 6.42 Å². The van der Waals surface area contributed by atoms with E-state index in [9.17, 15) is 4.79 Å². The Morgan fingerprint density at radius 2 is 2.44 bits per heavy atom. The molecule has 0 aliphatic carbocycles. The molecule has 0 aromatic heterocycles.